The summed E-state index contributed by atoms with van der Waals surface area (Å²) in [5.41, 5.74) is 3.83. The molecule has 5 rings (SSSR count). The number of hydrogen-bond acceptors (Lipinski definition) is 4. The topological polar surface area (TPSA) is 61.4 Å². The van der Waals surface area contributed by atoms with E-state index in [1.165, 1.54) is 0 Å². The van der Waals surface area contributed by atoms with Gasteiger partial charge in [0.05, 0.1) is 5.52 Å². The van der Waals surface area contributed by atoms with Crippen molar-refractivity contribution in [3.05, 3.63) is 84.4 Å². The van der Waals surface area contributed by atoms with Crippen LogP contribution in [0.3, 0.4) is 0 Å². The zero-order chi connectivity index (χ0) is 21.9. The van der Waals surface area contributed by atoms with Gasteiger partial charge in [0.2, 0.25) is 0 Å². The molecule has 32 heavy (non-hydrogen) atoms. The van der Waals surface area contributed by atoms with Crippen LogP contribution in [0.25, 0.3) is 22.3 Å². The van der Waals surface area contributed by atoms with Crippen LogP contribution < -0.4 is 10.2 Å². The maximum Gasteiger partial charge on any atom is 0.321 e. The van der Waals surface area contributed by atoms with Gasteiger partial charge in [-0.3, -0.25) is 0 Å². The van der Waals surface area contributed by atoms with Gasteiger partial charge in [-0.2, -0.15) is 0 Å². The number of hydrogen-bond donors (Lipinski definition) is 1. The Morgan fingerprint density at radius 1 is 0.812 bits per heavy atom. The molecule has 1 aliphatic heterocycles. The molecule has 1 aromatic heterocycles. The third kappa shape index (κ3) is 3.99. The van der Waals surface area contributed by atoms with E-state index in [0.29, 0.717) is 13.1 Å². The van der Waals surface area contributed by atoms with Crippen LogP contribution in [-0.4, -0.2) is 47.1 Å². The first-order valence-electron chi connectivity index (χ1n) is 10.9. The van der Waals surface area contributed by atoms with Crippen molar-refractivity contribution in [2.24, 2.45) is 0 Å². The largest absolute Gasteiger partial charge is 0.352 e. The van der Waals surface area contributed by atoms with Gasteiger partial charge in [0, 0.05) is 42.8 Å². The highest BCUT2D eigenvalue weighted by Crippen LogP contribution is 2.28. The Kier molecular flexibility index (Phi) is 5.42. The summed E-state index contributed by atoms with van der Waals surface area (Å²) in [5.74, 6) is 1.65. The molecule has 1 fully saturated rings. The molecular weight excluding hydrogens is 398 g/mol. The second-order valence-corrected chi connectivity index (χ2v) is 7.97. The van der Waals surface area contributed by atoms with Crippen LogP contribution in [0.4, 0.5) is 16.3 Å². The molecule has 0 unspecified atom stereocenters. The summed E-state index contributed by atoms with van der Waals surface area (Å²) in [5, 5.41) is 4.07. The molecule has 1 aliphatic rings. The van der Waals surface area contributed by atoms with Crippen LogP contribution >= 0.6 is 0 Å². The molecule has 2 amide bonds. The summed E-state index contributed by atoms with van der Waals surface area (Å²) < 4.78 is 0. The third-order valence-corrected chi connectivity index (χ3v) is 5.87. The minimum Gasteiger partial charge on any atom is -0.352 e. The van der Waals surface area contributed by atoms with Gasteiger partial charge in [-0.15, -0.1) is 0 Å². The van der Waals surface area contributed by atoms with Gasteiger partial charge in [-0.05, 0) is 30.7 Å². The van der Waals surface area contributed by atoms with Crippen molar-refractivity contribution in [3.8, 4) is 11.4 Å². The summed E-state index contributed by atoms with van der Waals surface area (Å²) in [6.07, 6.45) is 0. The summed E-state index contributed by atoms with van der Waals surface area (Å²) in [4.78, 5) is 26.6. The predicted octanol–water partition coefficient (Wildman–Crippen LogP) is 4.96. The lowest BCUT2D eigenvalue weighted by atomic mass is 10.1. The maximum atomic E-state index is 12.8. The summed E-state index contributed by atoms with van der Waals surface area (Å²) in [6, 6.07) is 25.9. The Bertz CT molecular complexity index is 1250. The van der Waals surface area contributed by atoms with E-state index in [-0.39, 0.29) is 6.03 Å². The number of amides is 2. The smallest absolute Gasteiger partial charge is 0.321 e. The van der Waals surface area contributed by atoms with Gasteiger partial charge in [-0.1, -0.05) is 60.7 Å². The molecule has 3 aromatic carbocycles. The fourth-order valence-electron chi connectivity index (χ4n) is 4.05. The van der Waals surface area contributed by atoms with Crippen molar-refractivity contribution in [1.29, 1.82) is 0 Å². The molecule has 0 aliphatic carbocycles. The number of urea groups is 1. The number of fused-ring (bicyclic) bond motifs is 1. The summed E-state index contributed by atoms with van der Waals surface area (Å²) in [6.45, 7) is 4.71. The second kappa shape index (κ2) is 8.67. The number of piperazine rings is 1. The van der Waals surface area contributed by atoms with E-state index in [1.807, 2.05) is 84.6 Å². The highest BCUT2D eigenvalue weighted by atomic mass is 16.2. The number of aromatic nitrogens is 2. The number of para-hydroxylation sites is 2. The number of benzene rings is 3. The standard InChI is InChI=1S/C26H25N5O/c1-19-9-5-7-13-22(19)28-26(32)31-17-15-30(16-18-31)25-21-12-6-8-14-23(21)27-24(29-25)20-10-3-2-4-11-20/h2-14H,15-18H2,1H3,(H,28,32). The van der Waals surface area contributed by atoms with E-state index < -0.39 is 0 Å². The van der Waals surface area contributed by atoms with E-state index in [0.717, 1.165) is 52.4 Å². The SMILES string of the molecule is Cc1ccccc1NC(=O)N1CCN(c2nc(-c3ccccc3)nc3ccccc23)CC1. The molecule has 1 saturated heterocycles. The lowest BCUT2D eigenvalue weighted by Crippen LogP contribution is -2.50. The number of carbonyl (C=O) groups is 1. The Labute approximate surface area is 187 Å². The Hall–Kier alpha value is -3.93. The third-order valence-electron chi connectivity index (χ3n) is 5.87. The monoisotopic (exact) mass is 423 g/mol. The molecule has 6 heteroatoms. The molecule has 0 atom stereocenters. The average molecular weight is 424 g/mol. The molecule has 0 spiro atoms. The zero-order valence-corrected chi connectivity index (χ0v) is 18.0. The highest BCUT2D eigenvalue weighted by molar-refractivity contribution is 5.92. The van der Waals surface area contributed by atoms with E-state index in [2.05, 4.69) is 16.3 Å². The zero-order valence-electron chi connectivity index (χ0n) is 18.0. The first kappa shape index (κ1) is 20.0. The van der Waals surface area contributed by atoms with Crippen molar-refractivity contribution in [2.45, 2.75) is 6.92 Å². The van der Waals surface area contributed by atoms with Crippen LogP contribution in [0.2, 0.25) is 0 Å². The lowest BCUT2D eigenvalue weighted by Gasteiger charge is -2.36. The van der Waals surface area contributed by atoms with Gasteiger partial charge in [0.25, 0.3) is 0 Å². The summed E-state index contributed by atoms with van der Waals surface area (Å²) >= 11 is 0. The molecule has 160 valence electrons. The van der Waals surface area contributed by atoms with Gasteiger partial charge in [0.15, 0.2) is 5.82 Å². The lowest BCUT2D eigenvalue weighted by molar-refractivity contribution is 0.208. The van der Waals surface area contributed by atoms with Crippen LogP contribution in [-0.2, 0) is 0 Å². The predicted molar refractivity (Wildman–Crippen MR) is 129 cm³/mol. The van der Waals surface area contributed by atoms with Gasteiger partial charge in [-0.25, -0.2) is 14.8 Å². The van der Waals surface area contributed by atoms with Crippen molar-refractivity contribution < 1.29 is 4.79 Å². The fraction of sp³-hybridized carbons (Fsp3) is 0.192. The quantitative estimate of drug-likeness (QED) is 0.506. The molecule has 4 aromatic rings. The van der Waals surface area contributed by atoms with Crippen LogP contribution in [0, 0.1) is 6.92 Å². The Balaban J connectivity index is 1.37. The van der Waals surface area contributed by atoms with E-state index >= 15 is 0 Å². The molecular formula is C26H25N5O. The van der Waals surface area contributed by atoms with Crippen LogP contribution in [0.5, 0.6) is 0 Å². The van der Waals surface area contributed by atoms with E-state index in [9.17, 15) is 4.79 Å². The minimum atomic E-state index is -0.0588. The number of nitrogens with one attached hydrogen (secondary N) is 1. The first-order valence-corrected chi connectivity index (χ1v) is 10.9. The van der Waals surface area contributed by atoms with E-state index in [1.54, 1.807) is 0 Å². The van der Waals surface area contributed by atoms with Crippen molar-refractivity contribution in [1.82, 2.24) is 14.9 Å². The summed E-state index contributed by atoms with van der Waals surface area (Å²) in [7, 11) is 0. The molecule has 0 saturated carbocycles. The van der Waals surface area contributed by atoms with E-state index in [4.69, 9.17) is 9.97 Å². The Morgan fingerprint density at radius 3 is 2.28 bits per heavy atom. The molecule has 2 heterocycles. The molecule has 6 nitrogen and oxygen atoms in total. The van der Waals surface area contributed by atoms with Gasteiger partial charge >= 0.3 is 6.03 Å². The highest BCUT2D eigenvalue weighted by Gasteiger charge is 2.24. The van der Waals surface area contributed by atoms with Crippen molar-refractivity contribution in [2.75, 3.05) is 36.4 Å². The molecule has 0 bridgehead atoms. The van der Waals surface area contributed by atoms with Crippen molar-refractivity contribution >= 4 is 28.4 Å². The molecule has 1 N–H and O–H groups in total. The average Bonchev–Trinajstić information content (AvgIpc) is 2.85. The number of aryl methyl sites for hydroxylation is 1. The number of rotatable bonds is 3. The number of anilines is 2. The first-order chi connectivity index (χ1) is 15.7. The number of carbonyl (C=O) groups excluding carboxylic acids is 1. The van der Waals surface area contributed by atoms with Crippen molar-refractivity contribution in [3.63, 3.8) is 0 Å². The Morgan fingerprint density at radius 2 is 1.50 bits per heavy atom. The van der Waals surface area contributed by atoms with Gasteiger partial charge in [0.1, 0.15) is 5.82 Å². The minimum absolute atomic E-state index is 0.0588. The second-order valence-electron chi connectivity index (χ2n) is 7.97. The van der Waals surface area contributed by atoms with Crippen LogP contribution in [0.15, 0.2) is 78.9 Å². The van der Waals surface area contributed by atoms with Crippen LogP contribution in [0.1, 0.15) is 5.56 Å². The maximum absolute atomic E-state index is 12.8. The molecule has 0 radical (unpaired) electrons. The normalized spacial score (nSPS) is 13.9. The number of nitrogens with zero attached hydrogens (tertiary/aromatic N) is 4. The van der Waals surface area contributed by atoms with Gasteiger partial charge < -0.3 is 15.1 Å². The fourth-order valence-corrected chi connectivity index (χ4v) is 4.05.